The van der Waals surface area contributed by atoms with E-state index < -0.39 is 0 Å². The van der Waals surface area contributed by atoms with Gasteiger partial charge in [-0.2, -0.15) is 5.10 Å². The van der Waals surface area contributed by atoms with Crippen molar-refractivity contribution in [3.8, 4) is 0 Å². The molecule has 0 saturated carbocycles. The van der Waals surface area contributed by atoms with Crippen LogP contribution < -0.4 is 0 Å². The Bertz CT molecular complexity index is 712. The fraction of sp³-hybridized carbons (Fsp3) is 0.294. The van der Waals surface area contributed by atoms with Crippen molar-refractivity contribution in [3.05, 3.63) is 58.5 Å². The minimum absolute atomic E-state index is 0.00375. The zero-order chi connectivity index (χ0) is 16.2. The van der Waals surface area contributed by atoms with Crippen LogP contribution in [-0.2, 0) is 11.3 Å². The third-order valence-electron chi connectivity index (χ3n) is 3.66. The number of halogens is 1. The van der Waals surface area contributed by atoms with E-state index in [-0.39, 0.29) is 5.91 Å². The fourth-order valence-corrected chi connectivity index (χ4v) is 2.88. The average molecular weight is 376 g/mol. The molecule has 0 atom stereocenters. The van der Waals surface area contributed by atoms with Crippen LogP contribution in [0.3, 0.4) is 0 Å². The molecular weight excluding hydrogens is 358 g/mol. The summed E-state index contributed by atoms with van der Waals surface area (Å²) in [7, 11) is 1.90. The lowest BCUT2D eigenvalue weighted by atomic mass is 10.1. The SMILES string of the molecule is CN(CC(=O)N1CCC(c2ccccc2)=N1)Cc1ccc(Br)o1. The monoisotopic (exact) mass is 375 g/mol. The van der Waals surface area contributed by atoms with Crippen molar-refractivity contribution >= 4 is 27.5 Å². The molecule has 0 aliphatic carbocycles. The smallest absolute Gasteiger partial charge is 0.256 e. The van der Waals surface area contributed by atoms with Crippen LogP contribution in [0, 0.1) is 0 Å². The first kappa shape index (κ1) is 16.0. The molecule has 0 spiro atoms. The van der Waals surface area contributed by atoms with Crippen LogP contribution in [0.5, 0.6) is 0 Å². The maximum Gasteiger partial charge on any atom is 0.256 e. The summed E-state index contributed by atoms with van der Waals surface area (Å²) in [6, 6.07) is 13.7. The van der Waals surface area contributed by atoms with Crippen molar-refractivity contribution in [3.63, 3.8) is 0 Å². The van der Waals surface area contributed by atoms with E-state index in [2.05, 4.69) is 21.0 Å². The molecule has 1 aliphatic rings. The number of hydrogen-bond donors (Lipinski definition) is 0. The van der Waals surface area contributed by atoms with E-state index in [4.69, 9.17) is 4.42 Å². The zero-order valence-electron chi connectivity index (χ0n) is 12.9. The van der Waals surface area contributed by atoms with Crippen molar-refractivity contribution in [2.75, 3.05) is 20.1 Å². The Hall–Kier alpha value is -1.92. The maximum atomic E-state index is 12.4. The number of likely N-dealkylation sites (N-methyl/N-ethyl adjacent to an activating group) is 1. The topological polar surface area (TPSA) is 49.1 Å². The zero-order valence-corrected chi connectivity index (χ0v) is 14.5. The number of hydrogen-bond acceptors (Lipinski definition) is 4. The van der Waals surface area contributed by atoms with Gasteiger partial charge in [-0.1, -0.05) is 30.3 Å². The van der Waals surface area contributed by atoms with E-state index >= 15 is 0 Å². The molecule has 0 unspecified atom stereocenters. The predicted octanol–water partition coefficient (Wildman–Crippen LogP) is 3.11. The number of hydrazone groups is 1. The molecule has 2 heterocycles. The molecule has 1 amide bonds. The Labute approximate surface area is 143 Å². The van der Waals surface area contributed by atoms with Crippen LogP contribution in [0.1, 0.15) is 17.7 Å². The van der Waals surface area contributed by atoms with E-state index in [1.807, 2.05) is 54.4 Å². The third kappa shape index (κ3) is 4.09. The second-order valence-electron chi connectivity index (χ2n) is 5.56. The molecule has 0 radical (unpaired) electrons. The van der Waals surface area contributed by atoms with Crippen molar-refractivity contribution in [1.29, 1.82) is 0 Å². The average Bonchev–Trinajstić information content (AvgIpc) is 3.17. The number of amides is 1. The van der Waals surface area contributed by atoms with Gasteiger partial charge in [0.1, 0.15) is 5.76 Å². The predicted molar refractivity (Wildman–Crippen MR) is 92.1 cm³/mol. The van der Waals surface area contributed by atoms with E-state index in [0.29, 0.717) is 24.3 Å². The van der Waals surface area contributed by atoms with E-state index in [9.17, 15) is 4.79 Å². The summed E-state index contributed by atoms with van der Waals surface area (Å²) in [4.78, 5) is 14.3. The molecule has 1 aromatic carbocycles. The highest BCUT2D eigenvalue weighted by molar-refractivity contribution is 9.10. The van der Waals surface area contributed by atoms with Gasteiger partial charge in [0.2, 0.25) is 0 Å². The second-order valence-corrected chi connectivity index (χ2v) is 6.34. The van der Waals surface area contributed by atoms with Crippen molar-refractivity contribution in [2.45, 2.75) is 13.0 Å². The van der Waals surface area contributed by atoms with Crippen LogP contribution in [0.2, 0.25) is 0 Å². The molecule has 6 heteroatoms. The molecule has 1 aliphatic heterocycles. The minimum atomic E-state index is 0.00375. The van der Waals surface area contributed by atoms with E-state index in [1.165, 1.54) is 0 Å². The van der Waals surface area contributed by atoms with Crippen LogP contribution >= 0.6 is 15.9 Å². The number of benzene rings is 1. The molecule has 0 saturated heterocycles. The van der Waals surface area contributed by atoms with Gasteiger partial charge in [0.15, 0.2) is 4.67 Å². The quantitative estimate of drug-likeness (QED) is 0.806. The van der Waals surface area contributed by atoms with Crippen LogP contribution in [0.25, 0.3) is 0 Å². The minimum Gasteiger partial charge on any atom is -0.453 e. The lowest BCUT2D eigenvalue weighted by Gasteiger charge is -2.18. The summed E-state index contributed by atoms with van der Waals surface area (Å²) in [5, 5.41) is 6.03. The molecule has 5 nitrogen and oxygen atoms in total. The molecule has 3 rings (SSSR count). The van der Waals surface area contributed by atoms with Gasteiger partial charge in [-0.25, -0.2) is 5.01 Å². The Morgan fingerprint density at radius 2 is 2.09 bits per heavy atom. The largest absolute Gasteiger partial charge is 0.453 e. The lowest BCUT2D eigenvalue weighted by Crippen LogP contribution is -2.34. The van der Waals surface area contributed by atoms with Gasteiger partial charge < -0.3 is 4.42 Å². The van der Waals surface area contributed by atoms with Crippen LogP contribution in [0.15, 0.2) is 56.7 Å². The number of rotatable bonds is 5. The van der Waals surface area contributed by atoms with Crippen molar-refractivity contribution < 1.29 is 9.21 Å². The Balaban J connectivity index is 1.57. The Morgan fingerprint density at radius 1 is 1.30 bits per heavy atom. The number of furan rings is 1. The second kappa shape index (κ2) is 7.10. The van der Waals surface area contributed by atoms with Crippen LogP contribution in [0.4, 0.5) is 0 Å². The highest BCUT2D eigenvalue weighted by atomic mass is 79.9. The van der Waals surface area contributed by atoms with Gasteiger partial charge in [0.25, 0.3) is 5.91 Å². The number of carbonyl (C=O) groups is 1. The Kier molecular flexibility index (Phi) is 4.93. The standard InChI is InChI=1S/C17H18BrN3O2/c1-20(11-14-7-8-16(18)23-14)12-17(22)21-10-9-15(19-21)13-5-3-2-4-6-13/h2-8H,9-12H2,1H3. The fourth-order valence-electron chi connectivity index (χ4n) is 2.54. The molecule has 120 valence electrons. The summed E-state index contributed by atoms with van der Waals surface area (Å²) < 4.78 is 6.16. The van der Waals surface area contributed by atoms with Crippen molar-refractivity contribution in [2.24, 2.45) is 5.10 Å². The van der Waals surface area contributed by atoms with Gasteiger partial charge in [0, 0.05) is 6.42 Å². The molecule has 2 aromatic rings. The number of nitrogens with zero attached hydrogens (tertiary/aromatic N) is 3. The van der Waals surface area contributed by atoms with Gasteiger partial charge in [-0.15, -0.1) is 0 Å². The highest BCUT2D eigenvalue weighted by Crippen LogP contribution is 2.16. The first-order chi connectivity index (χ1) is 11.1. The van der Waals surface area contributed by atoms with Crippen LogP contribution in [-0.4, -0.2) is 41.7 Å². The summed E-state index contributed by atoms with van der Waals surface area (Å²) >= 11 is 3.28. The van der Waals surface area contributed by atoms with Gasteiger partial charge >= 0.3 is 0 Å². The molecule has 1 aromatic heterocycles. The normalized spacial score (nSPS) is 14.4. The van der Waals surface area contributed by atoms with Gasteiger partial charge in [0.05, 0.1) is 25.3 Å². The molecule has 0 fully saturated rings. The first-order valence-electron chi connectivity index (χ1n) is 7.48. The van der Waals surface area contributed by atoms with E-state index in [0.717, 1.165) is 23.5 Å². The van der Waals surface area contributed by atoms with E-state index in [1.54, 1.807) is 5.01 Å². The summed E-state index contributed by atoms with van der Waals surface area (Å²) in [5.41, 5.74) is 2.05. The molecular formula is C17H18BrN3O2. The molecule has 23 heavy (non-hydrogen) atoms. The first-order valence-corrected chi connectivity index (χ1v) is 8.27. The molecule has 0 bridgehead atoms. The summed E-state index contributed by atoms with van der Waals surface area (Å²) in [5.74, 6) is 0.825. The maximum absolute atomic E-state index is 12.4. The lowest BCUT2D eigenvalue weighted by molar-refractivity contribution is -0.131. The van der Waals surface area contributed by atoms with Gasteiger partial charge in [-0.3, -0.25) is 9.69 Å². The summed E-state index contributed by atoms with van der Waals surface area (Å²) in [6.07, 6.45) is 0.796. The Morgan fingerprint density at radius 3 is 2.78 bits per heavy atom. The van der Waals surface area contributed by atoms with Gasteiger partial charge in [-0.05, 0) is 40.7 Å². The molecule has 0 N–H and O–H groups in total. The highest BCUT2D eigenvalue weighted by Gasteiger charge is 2.22. The number of carbonyl (C=O) groups excluding carboxylic acids is 1. The third-order valence-corrected chi connectivity index (χ3v) is 4.08. The summed E-state index contributed by atoms with van der Waals surface area (Å²) in [6.45, 7) is 1.54. The van der Waals surface area contributed by atoms with Crippen molar-refractivity contribution in [1.82, 2.24) is 9.91 Å².